The lowest BCUT2D eigenvalue weighted by molar-refractivity contribution is 0.307. The first-order valence-corrected chi connectivity index (χ1v) is 7.69. The van der Waals surface area contributed by atoms with Crippen LogP contribution in [0.1, 0.15) is 70.1 Å². The molecule has 1 nitrogen and oxygen atoms in total. The summed E-state index contributed by atoms with van der Waals surface area (Å²) >= 11 is 0. The summed E-state index contributed by atoms with van der Waals surface area (Å²) in [6.45, 7) is 9.05. The Labute approximate surface area is 118 Å². The lowest BCUT2D eigenvalue weighted by atomic mass is 9.79. The maximum Gasteiger partial charge on any atom is 0.0381 e. The molecule has 1 aliphatic rings. The third-order valence-electron chi connectivity index (χ3n) is 4.40. The second-order valence-electron chi connectivity index (χ2n) is 7.67. The molecule has 19 heavy (non-hydrogen) atoms. The molecule has 1 unspecified atom stereocenters. The summed E-state index contributed by atoms with van der Waals surface area (Å²) in [7, 11) is 0. The molecular weight excluding hydrogens is 230 g/mol. The molecule has 0 aliphatic heterocycles. The summed E-state index contributed by atoms with van der Waals surface area (Å²) in [5, 5.41) is 0. The van der Waals surface area contributed by atoms with E-state index in [0.717, 1.165) is 12.8 Å². The van der Waals surface area contributed by atoms with Gasteiger partial charge in [-0.1, -0.05) is 39.0 Å². The topological polar surface area (TPSA) is 26.0 Å². The first-order valence-electron chi connectivity index (χ1n) is 7.69. The van der Waals surface area contributed by atoms with Crippen molar-refractivity contribution < 1.29 is 0 Å². The molecule has 2 rings (SSSR count). The van der Waals surface area contributed by atoms with Crippen LogP contribution in [0.15, 0.2) is 18.2 Å². The fourth-order valence-corrected chi connectivity index (χ4v) is 2.87. The Balaban J connectivity index is 2.15. The number of aryl methyl sites for hydroxylation is 2. The molecule has 106 valence electrons. The smallest absolute Gasteiger partial charge is 0.0381 e. The molecule has 0 bridgehead atoms. The van der Waals surface area contributed by atoms with Crippen molar-refractivity contribution in [3.63, 3.8) is 0 Å². The van der Waals surface area contributed by atoms with E-state index in [0.29, 0.717) is 5.41 Å². The molecule has 2 N–H and O–H groups in total. The van der Waals surface area contributed by atoms with Crippen LogP contribution in [0, 0.1) is 5.41 Å². The monoisotopic (exact) mass is 259 g/mol. The summed E-state index contributed by atoms with van der Waals surface area (Å²) in [6.07, 6.45) is 7.37. The van der Waals surface area contributed by atoms with Crippen molar-refractivity contribution in [1.82, 2.24) is 0 Å². The van der Waals surface area contributed by atoms with Crippen LogP contribution in [-0.4, -0.2) is 0 Å². The summed E-state index contributed by atoms with van der Waals surface area (Å²) in [5.41, 5.74) is 11.1. The predicted molar refractivity (Wildman–Crippen MR) is 83.3 cm³/mol. The number of benzene rings is 1. The van der Waals surface area contributed by atoms with Crippen molar-refractivity contribution in [1.29, 1.82) is 0 Å². The van der Waals surface area contributed by atoms with Crippen molar-refractivity contribution in [2.45, 2.75) is 71.8 Å². The first kappa shape index (κ1) is 14.6. The summed E-state index contributed by atoms with van der Waals surface area (Å²) < 4.78 is 0. The minimum absolute atomic E-state index is 0.195. The van der Waals surface area contributed by atoms with Gasteiger partial charge in [-0.05, 0) is 67.6 Å². The van der Waals surface area contributed by atoms with E-state index >= 15 is 0 Å². The van der Waals surface area contributed by atoms with E-state index in [1.807, 2.05) is 0 Å². The maximum absolute atomic E-state index is 6.58. The van der Waals surface area contributed by atoms with Gasteiger partial charge in [-0.25, -0.2) is 0 Å². The van der Waals surface area contributed by atoms with E-state index < -0.39 is 0 Å². The highest BCUT2D eigenvalue weighted by Gasteiger charge is 2.25. The zero-order valence-electron chi connectivity index (χ0n) is 13.1. The molecule has 1 atom stereocenters. The molecule has 0 aromatic heterocycles. The van der Waals surface area contributed by atoms with Crippen LogP contribution >= 0.6 is 0 Å². The fourth-order valence-electron chi connectivity index (χ4n) is 2.87. The van der Waals surface area contributed by atoms with Crippen molar-refractivity contribution in [3.05, 3.63) is 34.9 Å². The molecule has 1 aliphatic carbocycles. The number of hydrogen-bond acceptors (Lipinski definition) is 1. The molecule has 0 saturated carbocycles. The van der Waals surface area contributed by atoms with E-state index in [9.17, 15) is 0 Å². The van der Waals surface area contributed by atoms with Crippen molar-refractivity contribution in [2.24, 2.45) is 11.1 Å². The summed E-state index contributed by atoms with van der Waals surface area (Å²) in [5.74, 6) is 0. The molecule has 1 heteroatoms. The van der Waals surface area contributed by atoms with Gasteiger partial charge < -0.3 is 5.73 Å². The van der Waals surface area contributed by atoms with Gasteiger partial charge in [-0.2, -0.15) is 0 Å². The molecule has 1 aromatic rings. The Kier molecular flexibility index (Phi) is 4.06. The second-order valence-corrected chi connectivity index (χ2v) is 7.67. The number of fused-ring (bicyclic) bond motifs is 1. The van der Waals surface area contributed by atoms with Gasteiger partial charge in [0.15, 0.2) is 0 Å². The van der Waals surface area contributed by atoms with Crippen molar-refractivity contribution >= 4 is 0 Å². The van der Waals surface area contributed by atoms with Gasteiger partial charge in [0, 0.05) is 5.54 Å². The lowest BCUT2D eigenvalue weighted by Gasteiger charge is -2.30. The van der Waals surface area contributed by atoms with Gasteiger partial charge in [0.25, 0.3) is 0 Å². The molecule has 0 radical (unpaired) electrons. The second kappa shape index (κ2) is 5.28. The van der Waals surface area contributed by atoms with Crippen LogP contribution in [0.25, 0.3) is 0 Å². The maximum atomic E-state index is 6.58. The quantitative estimate of drug-likeness (QED) is 0.845. The summed E-state index contributed by atoms with van der Waals surface area (Å²) in [6, 6.07) is 6.94. The highest BCUT2D eigenvalue weighted by atomic mass is 14.7. The van der Waals surface area contributed by atoms with Crippen molar-refractivity contribution in [3.8, 4) is 0 Å². The van der Waals surface area contributed by atoms with Crippen LogP contribution < -0.4 is 5.73 Å². The average Bonchev–Trinajstić information content (AvgIpc) is 2.35. The zero-order chi connectivity index (χ0) is 14.1. The standard InChI is InChI=1S/C18H29N/c1-17(2,3)11-12-18(4,19)16-10-9-14-7-5-6-8-15(14)13-16/h9-10,13H,5-8,11-12,19H2,1-4H3. The van der Waals surface area contributed by atoms with Crippen molar-refractivity contribution in [2.75, 3.05) is 0 Å². The third kappa shape index (κ3) is 3.82. The van der Waals surface area contributed by atoms with Gasteiger partial charge in [0.05, 0.1) is 0 Å². The predicted octanol–water partition coefficient (Wildman–Crippen LogP) is 4.57. The zero-order valence-corrected chi connectivity index (χ0v) is 13.1. The van der Waals surface area contributed by atoms with E-state index in [4.69, 9.17) is 5.73 Å². The molecule has 0 amide bonds. The summed E-state index contributed by atoms with van der Waals surface area (Å²) in [4.78, 5) is 0. The number of rotatable bonds is 3. The minimum atomic E-state index is -0.195. The van der Waals surface area contributed by atoms with E-state index in [-0.39, 0.29) is 5.54 Å². The Morgan fingerprint density at radius 3 is 2.21 bits per heavy atom. The van der Waals surface area contributed by atoms with Gasteiger partial charge >= 0.3 is 0 Å². The largest absolute Gasteiger partial charge is 0.322 e. The number of hydrogen-bond donors (Lipinski definition) is 1. The van der Waals surface area contributed by atoms with Crippen LogP contribution in [0.3, 0.4) is 0 Å². The van der Waals surface area contributed by atoms with E-state index in [1.165, 1.54) is 36.8 Å². The van der Waals surface area contributed by atoms with E-state index in [1.54, 1.807) is 5.56 Å². The minimum Gasteiger partial charge on any atom is -0.322 e. The molecule has 0 heterocycles. The van der Waals surface area contributed by atoms with Gasteiger partial charge in [-0.3, -0.25) is 0 Å². The molecule has 0 fully saturated rings. The van der Waals surface area contributed by atoms with Crippen LogP contribution in [0.5, 0.6) is 0 Å². The van der Waals surface area contributed by atoms with Gasteiger partial charge in [0.1, 0.15) is 0 Å². The lowest BCUT2D eigenvalue weighted by Crippen LogP contribution is -2.34. The Morgan fingerprint density at radius 1 is 0.947 bits per heavy atom. The van der Waals surface area contributed by atoms with Gasteiger partial charge in [0.2, 0.25) is 0 Å². The molecule has 0 spiro atoms. The van der Waals surface area contributed by atoms with Crippen LogP contribution in [-0.2, 0) is 18.4 Å². The Morgan fingerprint density at radius 2 is 1.58 bits per heavy atom. The fraction of sp³-hybridized carbons (Fsp3) is 0.667. The highest BCUT2D eigenvalue weighted by Crippen LogP contribution is 2.32. The molecule has 1 aromatic carbocycles. The van der Waals surface area contributed by atoms with Crippen LogP contribution in [0.2, 0.25) is 0 Å². The third-order valence-corrected chi connectivity index (χ3v) is 4.40. The number of nitrogens with two attached hydrogens (primary N) is 1. The van der Waals surface area contributed by atoms with Crippen LogP contribution in [0.4, 0.5) is 0 Å². The van der Waals surface area contributed by atoms with E-state index in [2.05, 4.69) is 45.9 Å². The highest BCUT2D eigenvalue weighted by molar-refractivity contribution is 5.36. The van der Waals surface area contributed by atoms with Gasteiger partial charge in [-0.15, -0.1) is 0 Å². The Hall–Kier alpha value is -0.820. The molecule has 0 saturated heterocycles. The average molecular weight is 259 g/mol. The SMILES string of the molecule is CC(C)(C)CCC(C)(N)c1ccc2c(c1)CCCC2. The first-order chi connectivity index (χ1) is 8.78. The normalized spacial score (nSPS) is 18.8. The Bertz CT molecular complexity index is 437. The molecular formula is C18H29N.